The summed E-state index contributed by atoms with van der Waals surface area (Å²) in [5.41, 5.74) is 1.40. The van der Waals surface area contributed by atoms with Gasteiger partial charge in [-0.1, -0.05) is 24.3 Å². The van der Waals surface area contributed by atoms with Gasteiger partial charge < -0.3 is 10.1 Å². The maximum Gasteiger partial charge on any atom is 0.165 e. The Morgan fingerprint density at radius 1 is 1.05 bits per heavy atom. The first-order chi connectivity index (χ1) is 10.2. The van der Waals surface area contributed by atoms with E-state index in [1.54, 1.807) is 0 Å². The molecule has 2 aromatic carbocycles. The molecule has 0 unspecified atom stereocenters. The fraction of sp³-hybridized carbons (Fsp3) is 0.294. The zero-order valence-electron chi connectivity index (χ0n) is 11.6. The Hall–Kier alpha value is -1.94. The smallest absolute Gasteiger partial charge is 0.165 e. The van der Waals surface area contributed by atoms with Crippen molar-refractivity contribution in [2.24, 2.45) is 0 Å². The van der Waals surface area contributed by atoms with Gasteiger partial charge in [-0.15, -0.1) is 0 Å². The van der Waals surface area contributed by atoms with Crippen LogP contribution in [0, 0.1) is 11.6 Å². The number of rotatable bonds is 6. The third-order valence-electron chi connectivity index (χ3n) is 3.52. The van der Waals surface area contributed by atoms with Crippen molar-refractivity contribution < 1.29 is 13.5 Å². The molecule has 1 fully saturated rings. The van der Waals surface area contributed by atoms with Gasteiger partial charge in [-0.3, -0.25) is 0 Å². The number of benzene rings is 2. The molecule has 0 heterocycles. The van der Waals surface area contributed by atoms with E-state index < -0.39 is 11.6 Å². The van der Waals surface area contributed by atoms with Crippen LogP contribution in [-0.4, -0.2) is 6.04 Å². The van der Waals surface area contributed by atoms with E-state index in [4.69, 9.17) is 4.74 Å². The van der Waals surface area contributed by atoms with Gasteiger partial charge in [-0.05, 0) is 36.6 Å². The van der Waals surface area contributed by atoms with Gasteiger partial charge in [0.05, 0.1) is 0 Å². The SMILES string of the molecule is Fc1cccc(COc2ccc(CNC3CC3)cc2)c1F. The molecule has 0 radical (unpaired) electrons. The second-order valence-electron chi connectivity index (χ2n) is 5.30. The molecule has 21 heavy (non-hydrogen) atoms. The molecule has 0 atom stereocenters. The van der Waals surface area contributed by atoms with Crippen molar-refractivity contribution in [1.29, 1.82) is 0 Å². The van der Waals surface area contributed by atoms with E-state index in [0.29, 0.717) is 11.8 Å². The number of hydrogen-bond acceptors (Lipinski definition) is 2. The van der Waals surface area contributed by atoms with E-state index >= 15 is 0 Å². The molecule has 0 aromatic heterocycles. The zero-order chi connectivity index (χ0) is 14.7. The third kappa shape index (κ3) is 3.79. The van der Waals surface area contributed by atoms with E-state index in [-0.39, 0.29) is 12.2 Å². The second kappa shape index (κ2) is 6.22. The Labute approximate surface area is 122 Å². The lowest BCUT2D eigenvalue weighted by atomic mass is 10.2. The largest absolute Gasteiger partial charge is 0.489 e. The van der Waals surface area contributed by atoms with Crippen molar-refractivity contribution in [2.75, 3.05) is 0 Å². The number of ether oxygens (including phenoxy) is 1. The summed E-state index contributed by atoms with van der Waals surface area (Å²) in [5, 5.41) is 3.43. The van der Waals surface area contributed by atoms with E-state index in [2.05, 4.69) is 5.32 Å². The summed E-state index contributed by atoms with van der Waals surface area (Å²) in [5.74, 6) is -1.05. The van der Waals surface area contributed by atoms with Crippen molar-refractivity contribution in [1.82, 2.24) is 5.32 Å². The van der Waals surface area contributed by atoms with E-state index in [1.165, 1.54) is 30.5 Å². The molecule has 2 aromatic rings. The topological polar surface area (TPSA) is 21.3 Å². The summed E-state index contributed by atoms with van der Waals surface area (Å²) in [6, 6.07) is 12.4. The fourth-order valence-corrected chi connectivity index (χ4v) is 2.07. The van der Waals surface area contributed by atoms with Gasteiger partial charge >= 0.3 is 0 Å². The Kier molecular flexibility index (Phi) is 4.15. The van der Waals surface area contributed by atoms with Crippen molar-refractivity contribution in [3.8, 4) is 5.75 Å². The number of nitrogens with one attached hydrogen (secondary N) is 1. The standard InChI is InChI=1S/C17H17F2NO/c18-16-3-1-2-13(17(16)19)11-21-15-8-4-12(5-9-15)10-20-14-6-7-14/h1-5,8-9,14,20H,6-7,10-11H2. The summed E-state index contributed by atoms with van der Waals surface area (Å²) in [7, 11) is 0. The van der Waals surface area contributed by atoms with Crippen molar-refractivity contribution in [3.63, 3.8) is 0 Å². The highest BCUT2D eigenvalue weighted by Gasteiger charge is 2.19. The Balaban J connectivity index is 1.56. The van der Waals surface area contributed by atoms with Crippen LogP contribution in [0.25, 0.3) is 0 Å². The summed E-state index contributed by atoms with van der Waals surface area (Å²) in [6.07, 6.45) is 2.53. The van der Waals surface area contributed by atoms with Gasteiger partial charge in [0.25, 0.3) is 0 Å². The third-order valence-corrected chi connectivity index (χ3v) is 3.52. The molecule has 2 nitrogen and oxygen atoms in total. The molecule has 1 N–H and O–H groups in total. The van der Waals surface area contributed by atoms with E-state index in [0.717, 1.165) is 12.6 Å². The van der Waals surface area contributed by atoms with Crippen molar-refractivity contribution >= 4 is 0 Å². The number of hydrogen-bond donors (Lipinski definition) is 1. The van der Waals surface area contributed by atoms with Crippen LogP contribution in [0.5, 0.6) is 5.75 Å². The van der Waals surface area contributed by atoms with Gasteiger partial charge in [-0.2, -0.15) is 0 Å². The first-order valence-electron chi connectivity index (χ1n) is 7.10. The molecule has 4 heteroatoms. The van der Waals surface area contributed by atoms with E-state index in [1.807, 2.05) is 24.3 Å². The van der Waals surface area contributed by atoms with Crippen LogP contribution < -0.4 is 10.1 Å². The minimum Gasteiger partial charge on any atom is -0.489 e. The molecule has 0 bridgehead atoms. The van der Waals surface area contributed by atoms with Crippen molar-refractivity contribution in [3.05, 3.63) is 65.2 Å². The lowest BCUT2D eigenvalue weighted by Crippen LogP contribution is -2.15. The highest BCUT2D eigenvalue weighted by Crippen LogP contribution is 2.20. The van der Waals surface area contributed by atoms with Crippen LogP contribution in [0.4, 0.5) is 8.78 Å². The van der Waals surface area contributed by atoms with Crippen molar-refractivity contribution in [2.45, 2.75) is 32.0 Å². The molecular weight excluding hydrogens is 272 g/mol. The lowest BCUT2D eigenvalue weighted by Gasteiger charge is -2.09. The fourth-order valence-electron chi connectivity index (χ4n) is 2.07. The summed E-state index contributed by atoms with van der Waals surface area (Å²) in [4.78, 5) is 0. The molecule has 0 spiro atoms. The monoisotopic (exact) mass is 289 g/mol. The number of halogens is 2. The molecular formula is C17H17F2NO. The highest BCUT2D eigenvalue weighted by molar-refractivity contribution is 5.28. The second-order valence-corrected chi connectivity index (χ2v) is 5.30. The molecule has 1 saturated carbocycles. The maximum atomic E-state index is 13.5. The summed E-state index contributed by atoms with van der Waals surface area (Å²) in [6.45, 7) is 0.868. The van der Waals surface area contributed by atoms with E-state index in [9.17, 15) is 8.78 Å². The molecule has 0 saturated heterocycles. The van der Waals surface area contributed by atoms with Crippen LogP contribution >= 0.6 is 0 Å². The van der Waals surface area contributed by atoms with Crippen LogP contribution in [0.1, 0.15) is 24.0 Å². The highest BCUT2D eigenvalue weighted by atomic mass is 19.2. The van der Waals surface area contributed by atoms with Crippen LogP contribution in [0.3, 0.4) is 0 Å². The quantitative estimate of drug-likeness (QED) is 0.873. The van der Waals surface area contributed by atoms with Crippen LogP contribution in [0.2, 0.25) is 0 Å². The Bertz CT molecular complexity index is 609. The minimum absolute atomic E-state index is 0.0171. The van der Waals surface area contributed by atoms with Gasteiger partial charge in [0.15, 0.2) is 11.6 Å². The summed E-state index contributed by atoms with van der Waals surface area (Å²) >= 11 is 0. The molecule has 0 aliphatic heterocycles. The minimum atomic E-state index is -0.849. The molecule has 1 aliphatic rings. The predicted octanol–water partition coefficient (Wildman–Crippen LogP) is 3.80. The normalized spacial score (nSPS) is 14.2. The molecule has 1 aliphatic carbocycles. The molecule has 0 amide bonds. The first-order valence-corrected chi connectivity index (χ1v) is 7.10. The van der Waals surface area contributed by atoms with Crippen LogP contribution in [-0.2, 0) is 13.2 Å². The van der Waals surface area contributed by atoms with Gasteiger partial charge in [-0.25, -0.2) is 8.78 Å². The van der Waals surface area contributed by atoms with Gasteiger partial charge in [0.2, 0.25) is 0 Å². The maximum absolute atomic E-state index is 13.5. The Morgan fingerprint density at radius 2 is 1.81 bits per heavy atom. The van der Waals surface area contributed by atoms with Gasteiger partial charge in [0.1, 0.15) is 12.4 Å². The predicted molar refractivity (Wildman–Crippen MR) is 77.0 cm³/mol. The molecule has 110 valence electrons. The lowest BCUT2D eigenvalue weighted by molar-refractivity contribution is 0.297. The Morgan fingerprint density at radius 3 is 2.52 bits per heavy atom. The average molecular weight is 289 g/mol. The van der Waals surface area contributed by atoms with Crippen LogP contribution in [0.15, 0.2) is 42.5 Å². The van der Waals surface area contributed by atoms with Gasteiger partial charge in [0, 0.05) is 18.2 Å². The molecule has 3 rings (SSSR count). The zero-order valence-corrected chi connectivity index (χ0v) is 11.6. The average Bonchev–Trinajstić information content (AvgIpc) is 3.32. The summed E-state index contributed by atoms with van der Waals surface area (Å²) < 4.78 is 32.1. The first kappa shape index (κ1) is 14.0.